The van der Waals surface area contributed by atoms with Crippen molar-refractivity contribution in [1.29, 1.82) is 0 Å². The van der Waals surface area contributed by atoms with E-state index in [4.69, 9.17) is 9.15 Å². The molecule has 0 N–H and O–H groups in total. The van der Waals surface area contributed by atoms with E-state index < -0.39 is 6.04 Å². The van der Waals surface area contributed by atoms with Crippen molar-refractivity contribution in [3.63, 3.8) is 0 Å². The first-order valence-corrected chi connectivity index (χ1v) is 10.1. The van der Waals surface area contributed by atoms with Crippen molar-refractivity contribution < 1.29 is 13.9 Å². The normalized spacial score (nSPS) is 21.2. The highest BCUT2D eigenvalue weighted by molar-refractivity contribution is 5.99. The Morgan fingerprint density at radius 1 is 1.03 bits per heavy atom. The SMILES string of the molecule is Cc1ccc([C@@H]2c3c(oc4ccc(C)cc4c3=O)C(=O)N2C[C@H]2CCCO2)cc1. The van der Waals surface area contributed by atoms with Crippen molar-refractivity contribution in [2.75, 3.05) is 13.2 Å². The van der Waals surface area contributed by atoms with Crippen LogP contribution in [-0.2, 0) is 4.74 Å². The molecule has 1 fully saturated rings. The zero-order chi connectivity index (χ0) is 20.1. The van der Waals surface area contributed by atoms with Gasteiger partial charge in [0.25, 0.3) is 5.91 Å². The molecule has 2 aliphatic rings. The predicted octanol–water partition coefficient (Wildman–Crippen LogP) is 4.13. The summed E-state index contributed by atoms with van der Waals surface area (Å²) < 4.78 is 11.8. The minimum Gasteiger partial charge on any atom is -0.450 e. The molecule has 29 heavy (non-hydrogen) atoms. The van der Waals surface area contributed by atoms with E-state index in [0.29, 0.717) is 23.1 Å². The molecule has 1 saturated heterocycles. The zero-order valence-electron chi connectivity index (χ0n) is 16.6. The van der Waals surface area contributed by atoms with Gasteiger partial charge in [-0.3, -0.25) is 9.59 Å². The third kappa shape index (κ3) is 2.97. The van der Waals surface area contributed by atoms with Crippen LogP contribution in [0.15, 0.2) is 51.7 Å². The fraction of sp³-hybridized carbons (Fsp3) is 0.333. The highest BCUT2D eigenvalue weighted by atomic mass is 16.5. The van der Waals surface area contributed by atoms with Crippen molar-refractivity contribution in [3.8, 4) is 0 Å². The van der Waals surface area contributed by atoms with Gasteiger partial charge in [0.1, 0.15) is 5.58 Å². The molecule has 2 atom stereocenters. The number of carbonyl (C=O) groups excluding carboxylic acids is 1. The summed E-state index contributed by atoms with van der Waals surface area (Å²) in [7, 11) is 0. The Kier molecular flexibility index (Phi) is 4.28. The van der Waals surface area contributed by atoms with Crippen molar-refractivity contribution in [2.24, 2.45) is 0 Å². The fourth-order valence-corrected chi connectivity index (χ4v) is 4.43. The van der Waals surface area contributed by atoms with E-state index >= 15 is 0 Å². The summed E-state index contributed by atoms with van der Waals surface area (Å²) in [5.74, 6) is -0.0735. The second-order valence-corrected chi connectivity index (χ2v) is 8.08. The van der Waals surface area contributed by atoms with Crippen LogP contribution < -0.4 is 5.43 Å². The van der Waals surface area contributed by atoms with E-state index in [1.165, 1.54) is 0 Å². The van der Waals surface area contributed by atoms with E-state index in [1.54, 1.807) is 11.0 Å². The van der Waals surface area contributed by atoms with Crippen molar-refractivity contribution >= 4 is 16.9 Å². The third-order valence-electron chi connectivity index (χ3n) is 5.94. The number of fused-ring (bicyclic) bond motifs is 2. The van der Waals surface area contributed by atoms with Crippen LogP contribution >= 0.6 is 0 Å². The molecule has 5 nitrogen and oxygen atoms in total. The van der Waals surface area contributed by atoms with Gasteiger partial charge >= 0.3 is 0 Å². The van der Waals surface area contributed by atoms with Crippen molar-refractivity contribution in [3.05, 3.63) is 80.7 Å². The van der Waals surface area contributed by atoms with E-state index in [-0.39, 0.29) is 23.2 Å². The number of benzene rings is 2. The van der Waals surface area contributed by atoms with Crippen LogP contribution in [0.5, 0.6) is 0 Å². The Bertz CT molecular complexity index is 1160. The predicted molar refractivity (Wildman–Crippen MR) is 110 cm³/mol. The first-order valence-electron chi connectivity index (χ1n) is 10.1. The highest BCUT2D eigenvalue weighted by Crippen LogP contribution is 2.39. The summed E-state index contributed by atoms with van der Waals surface area (Å²) in [5, 5.41) is 0.521. The Hall–Kier alpha value is -2.92. The van der Waals surface area contributed by atoms with Crippen LogP contribution in [-0.4, -0.2) is 30.1 Å². The summed E-state index contributed by atoms with van der Waals surface area (Å²) in [5.41, 5.74) is 3.80. The van der Waals surface area contributed by atoms with Crippen LogP contribution in [0.1, 0.15) is 51.7 Å². The second-order valence-electron chi connectivity index (χ2n) is 8.08. The second kappa shape index (κ2) is 6.85. The van der Waals surface area contributed by atoms with Gasteiger partial charge in [0.15, 0.2) is 5.43 Å². The molecule has 1 aromatic heterocycles. The minimum absolute atomic E-state index is 0.00651. The lowest BCUT2D eigenvalue weighted by Crippen LogP contribution is -2.36. The number of nitrogens with zero attached hydrogens (tertiary/aromatic N) is 1. The first-order chi connectivity index (χ1) is 14.0. The lowest BCUT2D eigenvalue weighted by atomic mass is 9.97. The highest BCUT2D eigenvalue weighted by Gasteiger charge is 2.43. The van der Waals surface area contributed by atoms with Gasteiger partial charge in [-0.2, -0.15) is 0 Å². The molecule has 0 bridgehead atoms. The number of hydrogen-bond donors (Lipinski definition) is 0. The maximum atomic E-state index is 13.5. The molecule has 0 radical (unpaired) electrons. The molecule has 148 valence electrons. The molecule has 2 aromatic carbocycles. The number of carbonyl (C=O) groups is 1. The smallest absolute Gasteiger partial charge is 0.291 e. The molecule has 5 rings (SSSR count). The molecule has 2 aliphatic heterocycles. The summed E-state index contributed by atoms with van der Waals surface area (Å²) in [4.78, 5) is 28.6. The molecule has 1 amide bonds. The average molecular weight is 389 g/mol. The Balaban J connectivity index is 1.71. The van der Waals surface area contributed by atoms with Crippen LogP contribution in [0.2, 0.25) is 0 Å². The minimum atomic E-state index is -0.455. The first kappa shape index (κ1) is 18.1. The molecule has 0 aliphatic carbocycles. The molecule has 0 saturated carbocycles. The van der Waals surface area contributed by atoms with Crippen LogP contribution in [0.25, 0.3) is 11.0 Å². The van der Waals surface area contributed by atoms with Gasteiger partial charge in [0, 0.05) is 13.2 Å². The molecule has 0 spiro atoms. The van der Waals surface area contributed by atoms with E-state index in [1.807, 2.05) is 50.2 Å². The summed E-state index contributed by atoms with van der Waals surface area (Å²) >= 11 is 0. The Morgan fingerprint density at radius 2 is 1.79 bits per heavy atom. The van der Waals surface area contributed by atoms with Crippen molar-refractivity contribution in [2.45, 2.75) is 38.8 Å². The molecule has 3 heterocycles. The van der Waals surface area contributed by atoms with Crippen LogP contribution in [0, 0.1) is 13.8 Å². The summed E-state index contributed by atoms with van der Waals surface area (Å²) in [6.45, 7) is 5.14. The summed E-state index contributed by atoms with van der Waals surface area (Å²) in [6.07, 6.45) is 1.91. The standard InChI is InChI=1S/C24H23NO4/c1-14-5-8-16(9-6-14)21-20-22(26)18-12-15(2)7-10-19(18)29-23(20)24(27)25(21)13-17-4-3-11-28-17/h5-10,12,17,21H,3-4,11,13H2,1-2H3/t17-,21-/m1/s1. The molecule has 5 heteroatoms. The van der Waals surface area contributed by atoms with Gasteiger partial charge < -0.3 is 14.1 Å². The monoisotopic (exact) mass is 389 g/mol. The van der Waals surface area contributed by atoms with Crippen LogP contribution in [0.4, 0.5) is 0 Å². The van der Waals surface area contributed by atoms with Gasteiger partial charge in [-0.15, -0.1) is 0 Å². The molecular formula is C24H23NO4. The molecular weight excluding hydrogens is 366 g/mol. The number of hydrogen-bond acceptors (Lipinski definition) is 4. The van der Waals surface area contributed by atoms with E-state index in [2.05, 4.69) is 0 Å². The Labute approximate surface area is 168 Å². The third-order valence-corrected chi connectivity index (χ3v) is 5.94. The van der Waals surface area contributed by atoms with Gasteiger partial charge in [-0.05, 0) is 44.4 Å². The fourth-order valence-electron chi connectivity index (χ4n) is 4.43. The summed E-state index contributed by atoms with van der Waals surface area (Å²) in [6, 6.07) is 13.0. The Morgan fingerprint density at radius 3 is 2.52 bits per heavy atom. The van der Waals surface area contributed by atoms with Gasteiger partial charge in [-0.25, -0.2) is 0 Å². The average Bonchev–Trinajstić information content (AvgIpc) is 3.32. The maximum Gasteiger partial charge on any atom is 0.291 e. The largest absolute Gasteiger partial charge is 0.450 e. The number of rotatable bonds is 3. The van der Waals surface area contributed by atoms with Gasteiger partial charge in [0.05, 0.1) is 23.1 Å². The lowest BCUT2D eigenvalue weighted by molar-refractivity contribution is 0.0486. The molecule has 0 unspecified atom stereocenters. The topological polar surface area (TPSA) is 59.8 Å². The lowest BCUT2D eigenvalue weighted by Gasteiger charge is -2.27. The quantitative estimate of drug-likeness (QED) is 0.676. The molecule has 3 aromatic rings. The van der Waals surface area contributed by atoms with E-state index in [9.17, 15) is 9.59 Å². The number of amides is 1. The number of ether oxygens (including phenoxy) is 1. The van der Waals surface area contributed by atoms with Crippen molar-refractivity contribution in [1.82, 2.24) is 4.90 Å². The van der Waals surface area contributed by atoms with E-state index in [0.717, 1.165) is 36.1 Å². The maximum absolute atomic E-state index is 13.5. The van der Waals surface area contributed by atoms with Gasteiger partial charge in [0.2, 0.25) is 5.76 Å². The zero-order valence-corrected chi connectivity index (χ0v) is 16.6. The van der Waals surface area contributed by atoms with Gasteiger partial charge in [-0.1, -0.05) is 41.5 Å². The van der Waals surface area contributed by atoms with Crippen LogP contribution in [0.3, 0.4) is 0 Å². The number of aryl methyl sites for hydroxylation is 2.